The van der Waals surface area contributed by atoms with Crippen molar-refractivity contribution in [3.8, 4) is 5.69 Å². The van der Waals surface area contributed by atoms with Crippen LogP contribution in [0.15, 0.2) is 73.1 Å². The molecule has 1 N–H and O–H groups in total. The molecule has 0 atom stereocenters. The molecule has 0 saturated carbocycles. The van der Waals surface area contributed by atoms with E-state index in [1.165, 1.54) is 28.5 Å². The lowest BCUT2D eigenvalue weighted by molar-refractivity contribution is 0.122. The minimum absolute atomic E-state index is 0.309. The highest BCUT2D eigenvalue weighted by Gasteiger charge is 2.20. The van der Waals surface area contributed by atoms with E-state index in [4.69, 9.17) is 14.7 Å². The van der Waals surface area contributed by atoms with Crippen molar-refractivity contribution in [2.24, 2.45) is 0 Å². The SMILES string of the molecule is Fc1cccc(-n2cnc3c(NCc4cccc5ccccc45)nc(N4CCOCC4)nc32)c1. The molecule has 7 nitrogen and oxygen atoms in total. The minimum atomic E-state index is -0.309. The van der Waals surface area contributed by atoms with Gasteiger partial charge in [0.05, 0.1) is 18.9 Å². The Labute approximate surface area is 195 Å². The number of morpholine rings is 1. The first-order valence-electron chi connectivity index (χ1n) is 11.3. The first-order chi connectivity index (χ1) is 16.8. The highest BCUT2D eigenvalue weighted by molar-refractivity contribution is 5.87. The van der Waals surface area contributed by atoms with Crippen molar-refractivity contribution < 1.29 is 9.13 Å². The summed E-state index contributed by atoms with van der Waals surface area (Å²) in [6.45, 7) is 3.26. The summed E-state index contributed by atoms with van der Waals surface area (Å²) in [6.07, 6.45) is 1.67. The van der Waals surface area contributed by atoms with Crippen LogP contribution >= 0.6 is 0 Å². The van der Waals surface area contributed by atoms with Gasteiger partial charge in [-0.05, 0) is 34.5 Å². The van der Waals surface area contributed by atoms with Gasteiger partial charge in [-0.15, -0.1) is 0 Å². The van der Waals surface area contributed by atoms with Crippen LogP contribution in [-0.4, -0.2) is 45.8 Å². The van der Waals surface area contributed by atoms with Crippen LogP contribution in [0.1, 0.15) is 5.56 Å². The number of aromatic nitrogens is 4. The average molecular weight is 455 g/mol. The van der Waals surface area contributed by atoms with Gasteiger partial charge in [-0.25, -0.2) is 9.37 Å². The molecule has 0 unspecified atom stereocenters. The first-order valence-corrected chi connectivity index (χ1v) is 11.3. The number of anilines is 2. The topological polar surface area (TPSA) is 68.1 Å². The standard InChI is InChI=1S/C26H23FN6O/c27-20-8-4-9-21(15-20)33-17-29-23-24(30-26(31-25(23)33)32-11-13-34-14-12-32)28-16-19-7-3-6-18-5-1-2-10-22(18)19/h1-10,15,17H,11-14,16H2,(H,28,30,31). The second-order valence-corrected chi connectivity index (χ2v) is 8.23. The Morgan fingerprint density at radius 1 is 0.941 bits per heavy atom. The van der Waals surface area contributed by atoms with Gasteiger partial charge < -0.3 is 15.0 Å². The molecule has 1 saturated heterocycles. The third kappa shape index (κ3) is 3.82. The second-order valence-electron chi connectivity index (χ2n) is 8.23. The molecule has 34 heavy (non-hydrogen) atoms. The molecule has 1 fully saturated rings. The van der Waals surface area contributed by atoms with E-state index in [0.717, 1.165) is 0 Å². The summed E-state index contributed by atoms with van der Waals surface area (Å²) in [5, 5.41) is 5.88. The van der Waals surface area contributed by atoms with E-state index >= 15 is 0 Å². The monoisotopic (exact) mass is 454 g/mol. The number of benzene rings is 3. The summed E-state index contributed by atoms with van der Waals surface area (Å²) in [5.74, 6) is 0.945. The van der Waals surface area contributed by atoms with Gasteiger partial charge in [-0.1, -0.05) is 48.5 Å². The molecule has 0 aliphatic carbocycles. The van der Waals surface area contributed by atoms with E-state index in [-0.39, 0.29) is 5.82 Å². The fraction of sp³-hybridized carbons (Fsp3) is 0.192. The Kier molecular flexibility index (Phi) is 5.27. The number of hydrogen-bond acceptors (Lipinski definition) is 6. The molecule has 1 aliphatic rings. The summed E-state index contributed by atoms with van der Waals surface area (Å²) in [5.41, 5.74) is 3.10. The molecule has 1 aliphatic heterocycles. The highest BCUT2D eigenvalue weighted by atomic mass is 19.1. The fourth-order valence-electron chi connectivity index (χ4n) is 4.36. The van der Waals surface area contributed by atoms with Crippen LogP contribution in [0.5, 0.6) is 0 Å². The van der Waals surface area contributed by atoms with Gasteiger partial charge in [0.25, 0.3) is 0 Å². The quantitative estimate of drug-likeness (QED) is 0.420. The normalized spacial score (nSPS) is 14.1. The van der Waals surface area contributed by atoms with E-state index in [2.05, 4.69) is 45.5 Å². The number of nitrogens with zero attached hydrogens (tertiary/aromatic N) is 5. The molecule has 0 radical (unpaired) electrons. The summed E-state index contributed by atoms with van der Waals surface area (Å²) >= 11 is 0. The van der Waals surface area contributed by atoms with Crippen LogP contribution in [-0.2, 0) is 11.3 Å². The van der Waals surface area contributed by atoms with Gasteiger partial charge in [0.1, 0.15) is 12.1 Å². The van der Waals surface area contributed by atoms with Gasteiger partial charge in [-0.3, -0.25) is 4.57 Å². The summed E-state index contributed by atoms with van der Waals surface area (Å²) in [4.78, 5) is 16.4. The van der Waals surface area contributed by atoms with Crippen molar-refractivity contribution in [2.75, 3.05) is 36.5 Å². The van der Waals surface area contributed by atoms with Crippen molar-refractivity contribution in [2.45, 2.75) is 6.54 Å². The first kappa shape index (κ1) is 20.6. The Morgan fingerprint density at radius 3 is 2.65 bits per heavy atom. The van der Waals surface area contributed by atoms with Gasteiger partial charge in [-0.2, -0.15) is 9.97 Å². The van der Waals surface area contributed by atoms with Crippen molar-refractivity contribution in [3.05, 3.63) is 84.4 Å². The maximum Gasteiger partial charge on any atom is 0.229 e. The molecule has 170 valence electrons. The van der Waals surface area contributed by atoms with Crippen LogP contribution in [0.4, 0.5) is 16.2 Å². The zero-order valence-electron chi connectivity index (χ0n) is 18.5. The van der Waals surface area contributed by atoms with Gasteiger partial charge in [0, 0.05) is 19.6 Å². The van der Waals surface area contributed by atoms with Crippen molar-refractivity contribution in [3.63, 3.8) is 0 Å². The lowest BCUT2D eigenvalue weighted by Crippen LogP contribution is -2.37. The molecule has 3 aromatic carbocycles. The Hall–Kier alpha value is -4.04. The number of nitrogens with one attached hydrogen (secondary N) is 1. The van der Waals surface area contributed by atoms with E-state index in [1.54, 1.807) is 17.0 Å². The molecule has 0 spiro atoms. The van der Waals surface area contributed by atoms with Crippen LogP contribution in [0.3, 0.4) is 0 Å². The summed E-state index contributed by atoms with van der Waals surface area (Å²) < 4.78 is 21.2. The number of fused-ring (bicyclic) bond motifs is 2. The van der Waals surface area contributed by atoms with Crippen molar-refractivity contribution in [1.82, 2.24) is 19.5 Å². The predicted molar refractivity (Wildman–Crippen MR) is 131 cm³/mol. The molecule has 0 amide bonds. The van der Waals surface area contributed by atoms with Crippen LogP contribution in [0, 0.1) is 5.82 Å². The van der Waals surface area contributed by atoms with Crippen molar-refractivity contribution in [1.29, 1.82) is 0 Å². The molecule has 3 heterocycles. The predicted octanol–water partition coefficient (Wildman–Crippen LogP) is 4.56. The average Bonchev–Trinajstić information content (AvgIpc) is 3.32. The lowest BCUT2D eigenvalue weighted by Gasteiger charge is -2.27. The Bertz CT molecular complexity index is 1470. The number of hydrogen-bond donors (Lipinski definition) is 1. The number of rotatable bonds is 5. The Balaban J connectivity index is 1.43. The molecule has 8 heteroatoms. The second kappa shape index (κ2) is 8.72. The molecular formula is C26H23FN6O. The third-order valence-electron chi connectivity index (χ3n) is 6.09. The molecule has 5 aromatic rings. The van der Waals surface area contributed by atoms with E-state index < -0.39 is 0 Å². The third-order valence-corrected chi connectivity index (χ3v) is 6.09. The van der Waals surface area contributed by atoms with Gasteiger partial charge in [0.2, 0.25) is 5.95 Å². The maximum atomic E-state index is 13.9. The number of imidazole rings is 1. The van der Waals surface area contributed by atoms with E-state index in [9.17, 15) is 4.39 Å². The maximum absolute atomic E-state index is 13.9. The number of ether oxygens (including phenoxy) is 1. The zero-order chi connectivity index (χ0) is 22.9. The number of halogens is 1. The summed E-state index contributed by atoms with van der Waals surface area (Å²) in [7, 11) is 0. The van der Waals surface area contributed by atoms with Crippen LogP contribution in [0.25, 0.3) is 27.6 Å². The molecule has 2 aromatic heterocycles. The molecule has 0 bridgehead atoms. The zero-order valence-corrected chi connectivity index (χ0v) is 18.5. The Morgan fingerprint density at radius 2 is 1.76 bits per heavy atom. The largest absolute Gasteiger partial charge is 0.378 e. The van der Waals surface area contributed by atoms with Gasteiger partial charge in [0.15, 0.2) is 17.0 Å². The highest BCUT2D eigenvalue weighted by Crippen LogP contribution is 2.27. The smallest absolute Gasteiger partial charge is 0.229 e. The minimum Gasteiger partial charge on any atom is -0.378 e. The lowest BCUT2D eigenvalue weighted by atomic mass is 10.0. The van der Waals surface area contributed by atoms with Crippen molar-refractivity contribution >= 4 is 33.7 Å². The van der Waals surface area contributed by atoms with Crippen LogP contribution in [0.2, 0.25) is 0 Å². The van der Waals surface area contributed by atoms with Gasteiger partial charge >= 0.3 is 0 Å². The van der Waals surface area contributed by atoms with E-state index in [0.29, 0.717) is 61.5 Å². The fourth-order valence-corrected chi connectivity index (χ4v) is 4.36. The van der Waals surface area contributed by atoms with Crippen LogP contribution < -0.4 is 10.2 Å². The molecular weight excluding hydrogens is 431 g/mol. The van der Waals surface area contributed by atoms with E-state index in [1.807, 2.05) is 18.2 Å². The molecule has 6 rings (SSSR count). The summed E-state index contributed by atoms with van der Waals surface area (Å²) in [6, 6.07) is 21.0.